The van der Waals surface area contributed by atoms with Gasteiger partial charge in [0.1, 0.15) is 5.00 Å². The van der Waals surface area contributed by atoms with E-state index in [1.54, 1.807) is 6.07 Å². The monoisotopic (exact) mass is 268 g/mol. The average molecular weight is 268 g/mol. The third-order valence-electron chi connectivity index (χ3n) is 2.34. The van der Waals surface area contributed by atoms with Crippen LogP contribution >= 0.6 is 11.3 Å². The Morgan fingerprint density at radius 1 is 1.39 bits per heavy atom. The average Bonchev–Trinajstić information content (AvgIpc) is 2.57. The second kappa shape index (κ2) is 5.52. The van der Waals surface area contributed by atoms with Gasteiger partial charge in [0.15, 0.2) is 0 Å². The van der Waals surface area contributed by atoms with Gasteiger partial charge in [0.2, 0.25) is 5.91 Å². The van der Waals surface area contributed by atoms with E-state index in [0.29, 0.717) is 17.0 Å². The van der Waals surface area contributed by atoms with Gasteiger partial charge in [-0.3, -0.25) is 9.59 Å². The zero-order chi connectivity index (χ0) is 13.9. The molecule has 5 heteroatoms. The van der Waals surface area contributed by atoms with Crippen molar-refractivity contribution < 1.29 is 9.59 Å². The van der Waals surface area contributed by atoms with E-state index >= 15 is 0 Å². The number of hydrogen-bond donors (Lipinski definition) is 2. The number of amides is 2. The van der Waals surface area contributed by atoms with Crippen LogP contribution < -0.4 is 11.1 Å². The van der Waals surface area contributed by atoms with Crippen LogP contribution in [0.15, 0.2) is 6.07 Å². The van der Waals surface area contributed by atoms with Crippen LogP contribution in [0.5, 0.6) is 0 Å². The summed E-state index contributed by atoms with van der Waals surface area (Å²) in [5.74, 6) is -0.591. The molecule has 0 saturated heterocycles. The first-order valence-corrected chi connectivity index (χ1v) is 6.77. The number of nitrogens with two attached hydrogens (primary N) is 1. The van der Waals surface area contributed by atoms with E-state index < -0.39 is 5.91 Å². The van der Waals surface area contributed by atoms with Gasteiger partial charge in [0.05, 0.1) is 5.56 Å². The van der Waals surface area contributed by atoms with E-state index in [-0.39, 0.29) is 11.3 Å². The van der Waals surface area contributed by atoms with Crippen LogP contribution in [0.1, 0.15) is 49.4 Å². The first kappa shape index (κ1) is 14.7. The smallest absolute Gasteiger partial charge is 0.251 e. The lowest BCUT2D eigenvalue weighted by atomic mass is 9.92. The highest BCUT2D eigenvalue weighted by Crippen LogP contribution is 2.29. The number of carbonyl (C=O) groups is 2. The molecule has 1 heterocycles. The Morgan fingerprint density at radius 3 is 2.44 bits per heavy atom. The van der Waals surface area contributed by atoms with Crippen molar-refractivity contribution in [2.24, 2.45) is 11.1 Å². The summed E-state index contributed by atoms with van der Waals surface area (Å²) in [6, 6.07) is 1.75. The molecule has 0 spiro atoms. The van der Waals surface area contributed by atoms with E-state index in [1.165, 1.54) is 11.3 Å². The standard InChI is InChI=1S/C13H20N2O2S/c1-5-8-6-9(11(14)17)12(18-8)15-10(16)7-13(2,3)4/h6H,5,7H2,1-4H3,(H2,14,17)(H,15,16). The van der Waals surface area contributed by atoms with Crippen molar-refractivity contribution in [2.45, 2.75) is 40.5 Å². The summed E-state index contributed by atoms with van der Waals surface area (Å²) in [6.45, 7) is 7.98. The van der Waals surface area contributed by atoms with Gasteiger partial charge < -0.3 is 11.1 Å². The molecule has 0 fully saturated rings. The van der Waals surface area contributed by atoms with Crippen LogP contribution in [0.4, 0.5) is 5.00 Å². The maximum atomic E-state index is 11.8. The van der Waals surface area contributed by atoms with Gasteiger partial charge in [0.25, 0.3) is 5.91 Å². The number of hydrogen-bond acceptors (Lipinski definition) is 3. The molecular formula is C13H20N2O2S. The largest absolute Gasteiger partial charge is 0.366 e. The molecule has 1 rings (SSSR count). The Kier molecular flexibility index (Phi) is 4.51. The summed E-state index contributed by atoms with van der Waals surface area (Å²) >= 11 is 1.41. The van der Waals surface area contributed by atoms with Gasteiger partial charge in [-0.05, 0) is 17.9 Å². The third-order valence-corrected chi connectivity index (χ3v) is 3.54. The highest BCUT2D eigenvalue weighted by Gasteiger charge is 2.19. The highest BCUT2D eigenvalue weighted by molar-refractivity contribution is 7.16. The fraction of sp³-hybridized carbons (Fsp3) is 0.538. The zero-order valence-corrected chi connectivity index (χ0v) is 12.1. The summed E-state index contributed by atoms with van der Waals surface area (Å²) in [4.78, 5) is 24.2. The Hall–Kier alpha value is -1.36. The number of rotatable bonds is 4. The molecule has 0 aliphatic carbocycles. The molecule has 0 bridgehead atoms. The van der Waals surface area contributed by atoms with Crippen LogP contribution in [0.3, 0.4) is 0 Å². The number of thiophene rings is 1. The molecule has 2 amide bonds. The van der Waals surface area contributed by atoms with E-state index in [4.69, 9.17) is 5.73 Å². The minimum Gasteiger partial charge on any atom is -0.366 e. The maximum absolute atomic E-state index is 11.8. The molecule has 4 nitrogen and oxygen atoms in total. The van der Waals surface area contributed by atoms with Gasteiger partial charge in [-0.2, -0.15) is 0 Å². The van der Waals surface area contributed by atoms with Gasteiger partial charge in [-0.15, -0.1) is 11.3 Å². The van der Waals surface area contributed by atoms with Crippen LogP contribution in [0.2, 0.25) is 0 Å². The minimum atomic E-state index is -0.503. The van der Waals surface area contributed by atoms with Crippen molar-refractivity contribution in [1.29, 1.82) is 0 Å². The van der Waals surface area contributed by atoms with Crippen molar-refractivity contribution in [2.75, 3.05) is 5.32 Å². The first-order valence-electron chi connectivity index (χ1n) is 5.95. The zero-order valence-electron chi connectivity index (χ0n) is 11.3. The third kappa shape index (κ3) is 4.14. The van der Waals surface area contributed by atoms with Gasteiger partial charge >= 0.3 is 0 Å². The van der Waals surface area contributed by atoms with Crippen LogP contribution in [0.25, 0.3) is 0 Å². The number of nitrogens with one attached hydrogen (secondary N) is 1. The second-order valence-corrected chi connectivity index (χ2v) is 6.60. The molecule has 0 unspecified atom stereocenters. The van der Waals surface area contributed by atoms with E-state index in [1.807, 2.05) is 27.7 Å². The molecule has 100 valence electrons. The summed E-state index contributed by atoms with van der Waals surface area (Å²) in [5.41, 5.74) is 5.62. The first-order chi connectivity index (χ1) is 8.23. The lowest BCUT2D eigenvalue weighted by Gasteiger charge is -2.17. The molecule has 0 aromatic carbocycles. The van der Waals surface area contributed by atoms with E-state index in [2.05, 4.69) is 5.32 Å². The van der Waals surface area contributed by atoms with Crippen molar-refractivity contribution in [3.63, 3.8) is 0 Å². The summed E-state index contributed by atoms with van der Waals surface area (Å²) in [7, 11) is 0. The predicted molar refractivity (Wildman–Crippen MR) is 74.9 cm³/mol. The molecule has 0 radical (unpaired) electrons. The lowest BCUT2D eigenvalue weighted by molar-refractivity contribution is -0.117. The Morgan fingerprint density at radius 2 is 2.00 bits per heavy atom. The quantitative estimate of drug-likeness (QED) is 0.881. The minimum absolute atomic E-state index is 0.0815. The molecule has 0 aliphatic rings. The van der Waals surface area contributed by atoms with Gasteiger partial charge in [-0.25, -0.2) is 0 Å². The van der Waals surface area contributed by atoms with Crippen molar-refractivity contribution in [3.8, 4) is 0 Å². The molecule has 18 heavy (non-hydrogen) atoms. The van der Waals surface area contributed by atoms with Crippen molar-refractivity contribution in [3.05, 3.63) is 16.5 Å². The van der Waals surface area contributed by atoms with E-state index in [9.17, 15) is 9.59 Å². The van der Waals surface area contributed by atoms with Crippen molar-refractivity contribution >= 4 is 28.2 Å². The Balaban J connectivity index is 2.86. The lowest BCUT2D eigenvalue weighted by Crippen LogP contribution is -2.21. The van der Waals surface area contributed by atoms with Crippen LogP contribution in [0, 0.1) is 5.41 Å². The Labute approximate surface area is 112 Å². The molecule has 0 aliphatic heterocycles. The van der Waals surface area contributed by atoms with Gasteiger partial charge in [-0.1, -0.05) is 27.7 Å². The van der Waals surface area contributed by atoms with E-state index in [0.717, 1.165) is 11.3 Å². The molecule has 0 saturated carbocycles. The number of primary amides is 1. The molecule has 1 aromatic rings. The number of anilines is 1. The number of aryl methyl sites for hydroxylation is 1. The summed E-state index contributed by atoms with van der Waals surface area (Å²) in [6.07, 6.45) is 1.23. The predicted octanol–water partition coefficient (Wildman–Crippen LogP) is 2.78. The van der Waals surface area contributed by atoms with Gasteiger partial charge in [0, 0.05) is 11.3 Å². The fourth-order valence-corrected chi connectivity index (χ4v) is 2.56. The van der Waals surface area contributed by atoms with Crippen LogP contribution in [-0.4, -0.2) is 11.8 Å². The topological polar surface area (TPSA) is 72.2 Å². The summed E-state index contributed by atoms with van der Waals surface area (Å²) in [5, 5.41) is 3.35. The van der Waals surface area contributed by atoms with Crippen LogP contribution in [-0.2, 0) is 11.2 Å². The molecule has 3 N–H and O–H groups in total. The number of carbonyl (C=O) groups excluding carboxylic acids is 2. The molecular weight excluding hydrogens is 248 g/mol. The molecule has 0 atom stereocenters. The maximum Gasteiger partial charge on any atom is 0.251 e. The summed E-state index contributed by atoms with van der Waals surface area (Å²) < 4.78 is 0. The normalized spacial score (nSPS) is 11.3. The highest BCUT2D eigenvalue weighted by atomic mass is 32.1. The van der Waals surface area contributed by atoms with Crippen molar-refractivity contribution in [1.82, 2.24) is 0 Å². The Bertz CT molecular complexity index is 458. The second-order valence-electron chi connectivity index (χ2n) is 5.46. The SMILES string of the molecule is CCc1cc(C(N)=O)c(NC(=O)CC(C)(C)C)s1. The fourth-order valence-electron chi connectivity index (χ4n) is 1.54. The molecule has 1 aromatic heterocycles.